The molecule has 0 saturated carbocycles. The standard InChI is InChI=1S/C11H11N3O3/c1-2-17-10(15)4-3-8-5-9-11(16)12-7-13-14(9)6-8/h3-7H,2H2,1H3,(H,12,13,16). The van der Waals surface area contributed by atoms with Crippen LogP contribution in [0, 0.1) is 0 Å². The van der Waals surface area contributed by atoms with Crippen LogP contribution in [0.15, 0.2) is 29.5 Å². The van der Waals surface area contributed by atoms with Gasteiger partial charge in [-0.25, -0.2) is 9.31 Å². The highest BCUT2D eigenvalue weighted by molar-refractivity contribution is 5.87. The van der Waals surface area contributed by atoms with Crippen molar-refractivity contribution in [3.63, 3.8) is 0 Å². The molecule has 1 N–H and O–H groups in total. The number of H-pyrrole nitrogens is 1. The van der Waals surface area contributed by atoms with Crippen LogP contribution in [-0.4, -0.2) is 27.2 Å². The van der Waals surface area contributed by atoms with Crippen molar-refractivity contribution in [2.24, 2.45) is 0 Å². The number of aromatic amines is 1. The van der Waals surface area contributed by atoms with Gasteiger partial charge in [0, 0.05) is 12.3 Å². The highest BCUT2D eigenvalue weighted by Crippen LogP contribution is 2.06. The first-order valence-corrected chi connectivity index (χ1v) is 5.11. The molecule has 2 heterocycles. The molecular weight excluding hydrogens is 222 g/mol. The number of ether oxygens (including phenoxy) is 1. The predicted octanol–water partition coefficient (Wildman–Crippen LogP) is 0.599. The molecule has 0 unspecified atom stereocenters. The lowest BCUT2D eigenvalue weighted by atomic mass is 10.3. The minimum atomic E-state index is -0.412. The molecule has 0 spiro atoms. The highest BCUT2D eigenvalue weighted by Gasteiger charge is 2.01. The molecule has 0 saturated heterocycles. The molecule has 0 aliphatic carbocycles. The normalized spacial score (nSPS) is 11.1. The number of nitrogens with one attached hydrogen (secondary N) is 1. The lowest BCUT2D eigenvalue weighted by molar-refractivity contribution is -0.137. The van der Waals surface area contributed by atoms with Gasteiger partial charge in [-0.05, 0) is 24.6 Å². The number of hydrogen-bond acceptors (Lipinski definition) is 4. The zero-order valence-corrected chi connectivity index (χ0v) is 9.21. The molecule has 0 amide bonds. The molecule has 0 aliphatic rings. The second-order valence-corrected chi connectivity index (χ2v) is 3.31. The summed E-state index contributed by atoms with van der Waals surface area (Å²) in [7, 11) is 0. The van der Waals surface area contributed by atoms with E-state index in [1.54, 1.807) is 25.3 Å². The smallest absolute Gasteiger partial charge is 0.330 e. The van der Waals surface area contributed by atoms with E-state index in [1.165, 1.54) is 16.9 Å². The number of nitrogens with zero attached hydrogens (tertiary/aromatic N) is 2. The van der Waals surface area contributed by atoms with E-state index in [1.807, 2.05) is 0 Å². The van der Waals surface area contributed by atoms with Crippen LogP contribution in [0.2, 0.25) is 0 Å². The van der Waals surface area contributed by atoms with Crippen LogP contribution >= 0.6 is 0 Å². The van der Waals surface area contributed by atoms with E-state index in [-0.39, 0.29) is 5.56 Å². The summed E-state index contributed by atoms with van der Waals surface area (Å²) in [6, 6.07) is 1.64. The average Bonchev–Trinajstić information content (AvgIpc) is 2.71. The van der Waals surface area contributed by atoms with Gasteiger partial charge in [-0.1, -0.05) is 0 Å². The van der Waals surface area contributed by atoms with Crippen LogP contribution < -0.4 is 5.56 Å². The maximum Gasteiger partial charge on any atom is 0.330 e. The predicted molar refractivity (Wildman–Crippen MR) is 61.5 cm³/mol. The molecule has 0 fully saturated rings. The Morgan fingerprint density at radius 3 is 3.18 bits per heavy atom. The summed E-state index contributed by atoms with van der Waals surface area (Å²) in [4.78, 5) is 25.0. The fraction of sp³-hybridized carbons (Fsp3) is 0.182. The van der Waals surface area contributed by atoms with Gasteiger partial charge in [0.2, 0.25) is 0 Å². The van der Waals surface area contributed by atoms with Crippen molar-refractivity contribution in [1.29, 1.82) is 0 Å². The molecule has 88 valence electrons. The molecule has 2 aromatic rings. The van der Waals surface area contributed by atoms with Gasteiger partial charge >= 0.3 is 5.97 Å². The van der Waals surface area contributed by atoms with Crippen molar-refractivity contribution in [3.05, 3.63) is 40.6 Å². The van der Waals surface area contributed by atoms with E-state index in [9.17, 15) is 9.59 Å². The Kier molecular flexibility index (Phi) is 3.04. The van der Waals surface area contributed by atoms with Crippen LogP contribution in [0.25, 0.3) is 11.6 Å². The first-order valence-electron chi connectivity index (χ1n) is 5.11. The maximum absolute atomic E-state index is 11.4. The number of hydrogen-bond donors (Lipinski definition) is 1. The number of rotatable bonds is 3. The van der Waals surface area contributed by atoms with Gasteiger partial charge in [-0.2, -0.15) is 5.10 Å². The summed E-state index contributed by atoms with van der Waals surface area (Å²) in [6.07, 6.45) is 5.85. The molecule has 6 heteroatoms. The van der Waals surface area contributed by atoms with Crippen molar-refractivity contribution in [3.8, 4) is 0 Å². The quantitative estimate of drug-likeness (QED) is 0.622. The van der Waals surface area contributed by atoms with Gasteiger partial charge in [-0.3, -0.25) is 4.79 Å². The molecule has 0 aliphatic heterocycles. The molecule has 2 rings (SSSR count). The van der Waals surface area contributed by atoms with Gasteiger partial charge in [0.05, 0.1) is 6.61 Å². The molecule has 0 aromatic carbocycles. The zero-order chi connectivity index (χ0) is 12.3. The zero-order valence-electron chi connectivity index (χ0n) is 9.21. The largest absolute Gasteiger partial charge is 0.463 e. The molecule has 2 aromatic heterocycles. The summed E-state index contributed by atoms with van der Waals surface area (Å²) < 4.78 is 6.19. The van der Waals surface area contributed by atoms with Gasteiger partial charge in [-0.15, -0.1) is 0 Å². The number of fused-ring (bicyclic) bond motifs is 1. The van der Waals surface area contributed by atoms with Crippen LogP contribution in [0.5, 0.6) is 0 Å². The maximum atomic E-state index is 11.4. The topological polar surface area (TPSA) is 76.5 Å². The van der Waals surface area contributed by atoms with E-state index in [0.29, 0.717) is 17.7 Å². The summed E-state index contributed by atoms with van der Waals surface area (Å²) >= 11 is 0. The molecular formula is C11H11N3O3. The number of carbonyl (C=O) groups excluding carboxylic acids is 1. The van der Waals surface area contributed by atoms with E-state index in [0.717, 1.165) is 0 Å². The van der Waals surface area contributed by atoms with Gasteiger partial charge in [0.15, 0.2) is 0 Å². The van der Waals surface area contributed by atoms with E-state index >= 15 is 0 Å². The lowest BCUT2D eigenvalue weighted by Gasteiger charge is -1.93. The monoisotopic (exact) mass is 233 g/mol. The van der Waals surface area contributed by atoms with Crippen molar-refractivity contribution < 1.29 is 9.53 Å². The van der Waals surface area contributed by atoms with Crippen molar-refractivity contribution in [1.82, 2.24) is 14.6 Å². The van der Waals surface area contributed by atoms with Crippen LogP contribution in [0.3, 0.4) is 0 Å². The highest BCUT2D eigenvalue weighted by atomic mass is 16.5. The van der Waals surface area contributed by atoms with Gasteiger partial charge in [0.25, 0.3) is 5.56 Å². The molecule has 0 atom stereocenters. The first-order chi connectivity index (χ1) is 8.20. The fourth-order valence-electron chi connectivity index (χ4n) is 1.41. The third kappa shape index (κ3) is 2.41. The van der Waals surface area contributed by atoms with Crippen LogP contribution in [0.4, 0.5) is 0 Å². The summed E-state index contributed by atoms with van der Waals surface area (Å²) in [5.74, 6) is -0.412. The van der Waals surface area contributed by atoms with E-state index < -0.39 is 5.97 Å². The number of esters is 1. The van der Waals surface area contributed by atoms with Crippen molar-refractivity contribution in [2.45, 2.75) is 6.92 Å². The first kappa shape index (κ1) is 11.1. The SMILES string of the molecule is CCOC(=O)C=Cc1cc2c(=O)[nH]cnn2c1. The third-order valence-electron chi connectivity index (χ3n) is 2.13. The van der Waals surface area contributed by atoms with Crippen molar-refractivity contribution >= 4 is 17.6 Å². The lowest BCUT2D eigenvalue weighted by Crippen LogP contribution is -2.09. The van der Waals surface area contributed by atoms with Gasteiger partial charge < -0.3 is 9.72 Å². The Hall–Kier alpha value is -2.37. The van der Waals surface area contributed by atoms with Crippen LogP contribution in [-0.2, 0) is 9.53 Å². The van der Waals surface area contributed by atoms with E-state index in [2.05, 4.69) is 10.1 Å². The summed E-state index contributed by atoms with van der Waals surface area (Å²) in [5, 5.41) is 3.94. The van der Waals surface area contributed by atoms with E-state index in [4.69, 9.17) is 4.74 Å². The summed E-state index contributed by atoms with van der Waals surface area (Å²) in [6.45, 7) is 2.07. The molecule has 17 heavy (non-hydrogen) atoms. The summed E-state index contributed by atoms with van der Waals surface area (Å²) in [5.41, 5.74) is 0.911. The Labute approximate surface area is 96.5 Å². The Morgan fingerprint density at radius 2 is 2.47 bits per heavy atom. The minimum Gasteiger partial charge on any atom is -0.463 e. The second kappa shape index (κ2) is 4.65. The number of aromatic nitrogens is 3. The molecule has 6 nitrogen and oxygen atoms in total. The Morgan fingerprint density at radius 1 is 1.65 bits per heavy atom. The van der Waals surface area contributed by atoms with Gasteiger partial charge in [0.1, 0.15) is 11.8 Å². The number of carbonyl (C=O) groups is 1. The Balaban J connectivity index is 2.29. The second-order valence-electron chi connectivity index (χ2n) is 3.31. The minimum absolute atomic E-state index is 0.226. The molecule has 0 radical (unpaired) electrons. The molecule has 0 bridgehead atoms. The van der Waals surface area contributed by atoms with Crippen LogP contribution in [0.1, 0.15) is 12.5 Å². The Bertz CT molecular complexity index is 624. The van der Waals surface area contributed by atoms with Crippen molar-refractivity contribution in [2.75, 3.05) is 6.61 Å². The fourth-order valence-corrected chi connectivity index (χ4v) is 1.41. The third-order valence-corrected chi connectivity index (χ3v) is 2.13. The average molecular weight is 233 g/mol.